The highest BCUT2D eigenvalue weighted by atomic mass is 16.5. The SMILES string of the molecule is COc1ccccc1C(=O)N1CCN(C(=O)C2[C@H]3CNC[C@@H]23)CC1. The molecule has 2 amide bonds. The average molecular weight is 329 g/mol. The van der Waals surface area contributed by atoms with E-state index in [2.05, 4.69) is 5.32 Å². The van der Waals surface area contributed by atoms with Gasteiger partial charge in [0, 0.05) is 32.1 Å². The Morgan fingerprint density at radius 2 is 1.67 bits per heavy atom. The highest BCUT2D eigenvalue weighted by Crippen LogP contribution is 2.49. The Morgan fingerprint density at radius 3 is 2.33 bits per heavy atom. The maximum Gasteiger partial charge on any atom is 0.257 e. The van der Waals surface area contributed by atoms with Crippen molar-refractivity contribution >= 4 is 11.8 Å². The lowest BCUT2D eigenvalue weighted by Crippen LogP contribution is -2.51. The number of nitrogens with zero attached hydrogens (tertiary/aromatic N) is 2. The normalized spacial score (nSPS) is 28.5. The zero-order valence-corrected chi connectivity index (χ0v) is 13.9. The summed E-state index contributed by atoms with van der Waals surface area (Å²) in [5.41, 5.74) is 0.586. The van der Waals surface area contributed by atoms with Gasteiger partial charge in [0.25, 0.3) is 5.91 Å². The van der Waals surface area contributed by atoms with E-state index in [4.69, 9.17) is 4.74 Å². The fraction of sp³-hybridized carbons (Fsp3) is 0.556. The molecule has 3 atom stereocenters. The summed E-state index contributed by atoms with van der Waals surface area (Å²) in [5.74, 6) is 2.18. The molecule has 6 nitrogen and oxygen atoms in total. The Kier molecular flexibility index (Phi) is 3.92. The molecule has 1 saturated carbocycles. The fourth-order valence-corrected chi connectivity index (χ4v) is 4.12. The molecule has 1 N–H and O–H groups in total. The number of methoxy groups -OCH3 is 1. The molecule has 2 heterocycles. The third-order valence-electron chi connectivity index (χ3n) is 5.59. The van der Waals surface area contributed by atoms with Crippen LogP contribution in [0.3, 0.4) is 0 Å². The third kappa shape index (κ3) is 2.55. The lowest BCUT2D eigenvalue weighted by molar-refractivity contribution is -0.134. The van der Waals surface area contributed by atoms with E-state index in [-0.39, 0.29) is 17.7 Å². The second-order valence-corrected chi connectivity index (χ2v) is 6.83. The first-order valence-corrected chi connectivity index (χ1v) is 8.62. The molecule has 0 aromatic heterocycles. The fourth-order valence-electron chi connectivity index (χ4n) is 4.12. The van der Waals surface area contributed by atoms with E-state index >= 15 is 0 Å². The van der Waals surface area contributed by atoms with Crippen LogP contribution in [0.25, 0.3) is 0 Å². The summed E-state index contributed by atoms with van der Waals surface area (Å²) in [4.78, 5) is 29.0. The molecule has 1 aromatic carbocycles. The number of ether oxygens (including phenoxy) is 1. The standard InChI is InChI=1S/C18H23N3O3/c1-24-15-5-3-2-4-12(15)17(22)20-6-8-21(9-7-20)18(23)16-13-10-19-11-14(13)16/h2-5,13-14,16,19H,6-11H2,1H3/t13-,14+,16?. The van der Waals surface area contributed by atoms with Crippen molar-refractivity contribution in [2.75, 3.05) is 46.4 Å². The zero-order chi connectivity index (χ0) is 16.7. The summed E-state index contributed by atoms with van der Waals surface area (Å²) in [7, 11) is 1.57. The molecular formula is C18H23N3O3. The van der Waals surface area contributed by atoms with Gasteiger partial charge in [-0.15, -0.1) is 0 Å². The summed E-state index contributed by atoms with van der Waals surface area (Å²) >= 11 is 0. The van der Waals surface area contributed by atoms with Gasteiger partial charge in [-0.2, -0.15) is 0 Å². The number of carbonyl (C=O) groups excluding carboxylic acids is 2. The number of fused-ring (bicyclic) bond motifs is 1. The number of nitrogens with one attached hydrogen (secondary N) is 1. The number of hydrogen-bond donors (Lipinski definition) is 1. The number of para-hydroxylation sites is 1. The molecule has 3 fully saturated rings. The van der Waals surface area contributed by atoms with E-state index in [0.29, 0.717) is 49.3 Å². The average Bonchev–Trinajstić information content (AvgIpc) is 3.12. The van der Waals surface area contributed by atoms with Gasteiger partial charge in [0.05, 0.1) is 12.7 Å². The van der Waals surface area contributed by atoms with Crippen LogP contribution < -0.4 is 10.1 Å². The van der Waals surface area contributed by atoms with Gasteiger partial charge in [0.1, 0.15) is 5.75 Å². The molecule has 3 aliphatic rings. The molecule has 2 aliphatic heterocycles. The zero-order valence-electron chi connectivity index (χ0n) is 13.9. The Labute approximate surface area is 141 Å². The van der Waals surface area contributed by atoms with E-state index < -0.39 is 0 Å². The van der Waals surface area contributed by atoms with Crippen molar-refractivity contribution in [1.29, 1.82) is 0 Å². The van der Waals surface area contributed by atoms with Gasteiger partial charge < -0.3 is 19.9 Å². The third-order valence-corrected chi connectivity index (χ3v) is 5.59. The van der Waals surface area contributed by atoms with E-state index in [0.717, 1.165) is 13.1 Å². The Balaban J connectivity index is 1.36. The van der Waals surface area contributed by atoms with E-state index in [1.165, 1.54) is 0 Å². The number of carbonyl (C=O) groups is 2. The minimum absolute atomic E-state index is 0.0213. The number of piperidine rings is 1. The molecule has 4 rings (SSSR count). The Hall–Kier alpha value is -2.08. The molecule has 128 valence electrons. The molecule has 24 heavy (non-hydrogen) atoms. The van der Waals surface area contributed by atoms with Crippen molar-refractivity contribution in [2.45, 2.75) is 0 Å². The second kappa shape index (κ2) is 6.09. The van der Waals surface area contributed by atoms with Crippen LogP contribution in [0, 0.1) is 17.8 Å². The molecule has 2 saturated heterocycles. The predicted octanol–water partition coefficient (Wildman–Crippen LogP) is 0.445. The highest BCUT2D eigenvalue weighted by molar-refractivity contribution is 5.97. The van der Waals surface area contributed by atoms with Gasteiger partial charge in [-0.1, -0.05) is 12.1 Å². The molecule has 0 spiro atoms. The van der Waals surface area contributed by atoms with Crippen molar-refractivity contribution in [1.82, 2.24) is 15.1 Å². The predicted molar refractivity (Wildman–Crippen MR) is 88.8 cm³/mol. The first kappa shape index (κ1) is 15.4. The van der Waals surface area contributed by atoms with E-state index in [1.54, 1.807) is 19.2 Å². The first-order valence-electron chi connectivity index (χ1n) is 8.62. The van der Waals surface area contributed by atoms with Crippen molar-refractivity contribution in [2.24, 2.45) is 17.8 Å². The Bertz CT molecular complexity index is 645. The number of amides is 2. The van der Waals surface area contributed by atoms with Crippen LogP contribution in [0.15, 0.2) is 24.3 Å². The first-order chi connectivity index (χ1) is 11.7. The molecule has 0 bridgehead atoms. The number of piperazine rings is 1. The summed E-state index contributed by atoms with van der Waals surface area (Å²) in [5, 5.41) is 3.33. The van der Waals surface area contributed by atoms with Crippen LogP contribution in [0.4, 0.5) is 0 Å². The molecular weight excluding hydrogens is 306 g/mol. The van der Waals surface area contributed by atoms with Crippen molar-refractivity contribution in [3.8, 4) is 5.75 Å². The van der Waals surface area contributed by atoms with Crippen LogP contribution in [-0.4, -0.2) is 68.0 Å². The number of benzene rings is 1. The molecule has 1 aromatic rings. The lowest BCUT2D eigenvalue weighted by atomic mass is 10.1. The minimum Gasteiger partial charge on any atom is -0.496 e. The quantitative estimate of drug-likeness (QED) is 0.874. The minimum atomic E-state index is -0.0213. The van der Waals surface area contributed by atoms with Crippen molar-refractivity contribution in [3.05, 3.63) is 29.8 Å². The smallest absolute Gasteiger partial charge is 0.257 e. The monoisotopic (exact) mass is 329 g/mol. The van der Waals surface area contributed by atoms with Gasteiger partial charge >= 0.3 is 0 Å². The van der Waals surface area contributed by atoms with E-state index in [9.17, 15) is 9.59 Å². The highest BCUT2D eigenvalue weighted by Gasteiger charge is 2.57. The van der Waals surface area contributed by atoms with Crippen LogP contribution in [0.1, 0.15) is 10.4 Å². The topological polar surface area (TPSA) is 61.9 Å². The Morgan fingerprint density at radius 1 is 1.04 bits per heavy atom. The second-order valence-electron chi connectivity index (χ2n) is 6.83. The van der Waals surface area contributed by atoms with Crippen LogP contribution in [0.5, 0.6) is 5.75 Å². The number of rotatable bonds is 3. The summed E-state index contributed by atoms with van der Waals surface area (Å²) in [6.45, 7) is 4.39. The molecule has 1 unspecified atom stereocenters. The van der Waals surface area contributed by atoms with Gasteiger partial charge in [-0.25, -0.2) is 0 Å². The molecule has 6 heteroatoms. The van der Waals surface area contributed by atoms with Crippen molar-refractivity contribution < 1.29 is 14.3 Å². The summed E-state index contributed by atoms with van der Waals surface area (Å²) in [6, 6.07) is 7.28. The van der Waals surface area contributed by atoms with Crippen LogP contribution in [0.2, 0.25) is 0 Å². The molecule has 0 radical (unpaired) electrons. The van der Waals surface area contributed by atoms with Crippen LogP contribution >= 0.6 is 0 Å². The van der Waals surface area contributed by atoms with Gasteiger partial charge in [0.15, 0.2) is 0 Å². The molecule has 1 aliphatic carbocycles. The van der Waals surface area contributed by atoms with Crippen LogP contribution in [-0.2, 0) is 4.79 Å². The van der Waals surface area contributed by atoms with Gasteiger partial charge in [0.2, 0.25) is 5.91 Å². The van der Waals surface area contributed by atoms with Gasteiger partial charge in [-0.3, -0.25) is 9.59 Å². The van der Waals surface area contributed by atoms with Gasteiger partial charge in [-0.05, 0) is 37.1 Å². The van der Waals surface area contributed by atoms with Crippen molar-refractivity contribution in [3.63, 3.8) is 0 Å². The largest absolute Gasteiger partial charge is 0.496 e. The summed E-state index contributed by atoms with van der Waals surface area (Å²) < 4.78 is 5.28. The number of hydrogen-bond acceptors (Lipinski definition) is 4. The maximum absolute atomic E-state index is 12.7. The van der Waals surface area contributed by atoms with E-state index in [1.807, 2.05) is 21.9 Å². The lowest BCUT2D eigenvalue weighted by Gasteiger charge is -2.35. The maximum atomic E-state index is 12.7. The summed E-state index contributed by atoms with van der Waals surface area (Å²) in [6.07, 6.45) is 0.